The summed E-state index contributed by atoms with van der Waals surface area (Å²) in [6, 6.07) is 0.844. The summed E-state index contributed by atoms with van der Waals surface area (Å²) < 4.78 is 0. The van der Waals surface area contributed by atoms with Gasteiger partial charge in [-0.05, 0) is 38.8 Å². The van der Waals surface area contributed by atoms with Crippen molar-refractivity contribution in [3.05, 3.63) is 0 Å². The lowest BCUT2D eigenvalue weighted by Crippen LogP contribution is -2.42. The number of carbonyl (C=O) groups is 1. The summed E-state index contributed by atoms with van der Waals surface area (Å²) in [6.07, 6.45) is 10.4. The van der Waals surface area contributed by atoms with E-state index < -0.39 is 0 Å². The molecule has 14 heavy (non-hydrogen) atoms. The van der Waals surface area contributed by atoms with E-state index in [1.54, 1.807) is 0 Å². The highest BCUT2D eigenvalue weighted by atomic mass is 16.1. The maximum absolute atomic E-state index is 10.6. The van der Waals surface area contributed by atoms with Crippen molar-refractivity contribution < 1.29 is 4.79 Å². The van der Waals surface area contributed by atoms with E-state index in [2.05, 4.69) is 4.90 Å². The van der Waals surface area contributed by atoms with E-state index in [9.17, 15) is 4.79 Å². The van der Waals surface area contributed by atoms with Gasteiger partial charge in [0.15, 0.2) is 0 Å². The molecule has 0 spiro atoms. The fourth-order valence-corrected chi connectivity index (χ4v) is 2.87. The molecule has 1 aliphatic heterocycles. The van der Waals surface area contributed by atoms with Gasteiger partial charge in [-0.15, -0.1) is 0 Å². The Hall–Kier alpha value is -0.370. The summed E-state index contributed by atoms with van der Waals surface area (Å²) >= 11 is 0. The molecule has 2 nitrogen and oxygen atoms in total. The van der Waals surface area contributed by atoms with Crippen LogP contribution in [0.1, 0.15) is 44.9 Å². The fraction of sp³-hybridized carbons (Fsp3) is 0.917. The largest absolute Gasteiger partial charge is 0.303 e. The smallest absolute Gasteiger partial charge is 0.123 e. The molecule has 80 valence electrons. The van der Waals surface area contributed by atoms with Crippen LogP contribution in [0.4, 0.5) is 0 Å². The summed E-state index contributed by atoms with van der Waals surface area (Å²) in [5.41, 5.74) is 0. The number of hydrogen-bond donors (Lipinski definition) is 0. The zero-order valence-corrected chi connectivity index (χ0v) is 8.95. The van der Waals surface area contributed by atoms with Gasteiger partial charge in [-0.3, -0.25) is 0 Å². The van der Waals surface area contributed by atoms with Gasteiger partial charge >= 0.3 is 0 Å². The van der Waals surface area contributed by atoms with Gasteiger partial charge < -0.3 is 9.69 Å². The second kappa shape index (κ2) is 4.92. The maximum atomic E-state index is 10.6. The lowest BCUT2D eigenvalue weighted by Gasteiger charge is -2.38. The van der Waals surface area contributed by atoms with Gasteiger partial charge in [0.25, 0.3) is 0 Å². The van der Waals surface area contributed by atoms with Crippen LogP contribution in [0.3, 0.4) is 0 Å². The Morgan fingerprint density at radius 2 is 1.57 bits per heavy atom. The van der Waals surface area contributed by atoms with Crippen LogP contribution >= 0.6 is 0 Å². The van der Waals surface area contributed by atoms with Gasteiger partial charge in [-0.1, -0.05) is 19.3 Å². The van der Waals surface area contributed by atoms with Crippen LogP contribution in [0, 0.1) is 5.92 Å². The van der Waals surface area contributed by atoms with E-state index in [0.29, 0.717) is 5.92 Å². The molecule has 1 saturated heterocycles. The molecule has 2 fully saturated rings. The molecule has 0 aromatic carbocycles. The van der Waals surface area contributed by atoms with Crippen molar-refractivity contribution >= 4 is 6.29 Å². The van der Waals surface area contributed by atoms with Crippen molar-refractivity contribution in [1.82, 2.24) is 4.90 Å². The Bertz CT molecular complexity index is 179. The summed E-state index contributed by atoms with van der Waals surface area (Å²) in [5, 5.41) is 0. The first-order valence-electron chi connectivity index (χ1n) is 6.09. The minimum atomic E-state index is 0.356. The lowest BCUT2D eigenvalue weighted by molar-refractivity contribution is -0.112. The normalized spacial score (nSPS) is 27.7. The summed E-state index contributed by atoms with van der Waals surface area (Å²) in [7, 11) is 0. The predicted octanol–water partition coefficient (Wildman–Crippen LogP) is 2.23. The second-order valence-electron chi connectivity index (χ2n) is 4.80. The van der Waals surface area contributed by atoms with Gasteiger partial charge in [0.2, 0.25) is 0 Å². The van der Waals surface area contributed by atoms with E-state index in [-0.39, 0.29) is 0 Å². The first-order valence-corrected chi connectivity index (χ1v) is 6.09. The average molecular weight is 195 g/mol. The second-order valence-corrected chi connectivity index (χ2v) is 4.80. The molecule has 0 amide bonds. The van der Waals surface area contributed by atoms with Crippen LogP contribution in [0.15, 0.2) is 0 Å². The number of carbonyl (C=O) groups excluding carboxylic acids is 1. The van der Waals surface area contributed by atoms with Crippen LogP contribution in [0.5, 0.6) is 0 Å². The average Bonchev–Trinajstić information content (AvgIpc) is 2.30. The minimum Gasteiger partial charge on any atom is -0.303 e. The number of hydrogen-bond acceptors (Lipinski definition) is 2. The van der Waals surface area contributed by atoms with E-state index >= 15 is 0 Å². The number of nitrogens with zero attached hydrogens (tertiary/aromatic N) is 1. The molecule has 0 aromatic heterocycles. The molecule has 2 rings (SSSR count). The van der Waals surface area contributed by atoms with Crippen molar-refractivity contribution in [1.29, 1.82) is 0 Å². The van der Waals surface area contributed by atoms with Gasteiger partial charge in [-0.2, -0.15) is 0 Å². The summed E-state index contributed by atoms with van der Waals surface area (Å²) in [6.45, 7) is 2.32. The van der Waals surface area contributed by atoms with Crippen molar-refractivity contribution in [2.24, 2.45) is 5.92 Å². The zero-order valence-electron chi connectivity index (χ0n) is 8.95. The number of likely N-dealkylation sites (tertiary alicyclic amines) is 1. The molecular weight excluding hydrogens is 174 g/mol. The molecule has 1 saturated carbocycles. The first kappa shape index (κ1) is 10.2. The highest BCUT2D eigenvalue weighted by molar-refractivity contribution is 5.53. The highest BCUT2D eigenvalue weighted by Crippen LogP contribution is 2.26. The van der Waals surface area contributed by atoms with E-state index in [1.165, 1.54) is 32.1 Å². The third-order valence-corrected chi connectivity index (χ3v) is 3.86. The predicted molar refractivity (Wildman–Crippen MR) is 57.2 cm³/mol. The number of rotatable bonds is 2. The highest BCUT2D eigenvalue weighted by Gasteiger charge is 2.25. The molecule has 2 heteroatoms. The topological polar surface area (TPSA) is 20.3 Å². The van der Waals surface area contributed by atoms with E-state index in [1.807, 2.05) is 0 Å². The molecule has 0 N–H and O–H groups in total. The minimum absolute atomic E-state index is 0.356. The van der Waals surface area contributed by atoms with Crippen LogP contribution in [0.2, 0.25) is 0 Å². The molecule has 2 aliphatic rings. The fourth-order valence-electron chi connectivity index (χ4n) is 2.87. The monoisotopic (exact) mass is 195 g/mol. The maximum Gasteiger partial charge on any atom is 0.123 e. The van der Waals surface area contributed by atoms with Crippen LogP contribution in [-0.4, -0.2) is 30.3 Å². The van der Waals surface area contributed by atoms with Crippen LogP contribution < -0.4 is 0 Å². The molecule has 0 unspecified atom stereocenters. The van der Waals surface area contributed by atoms with Crippen molar-refractivity contribution in [3.8, 4) is 0 Å². The zero-order chi connectivity index (χ0) is 9.80. The Balaban J connectivity index is 1.78. The van der Waals surface area contributed by atoms with Gasteiger partial charge in [-0.25, -0.2) is 0 Å². The Kier molecular flexibility index (Phi) is 3.57. The molecular formula is C12H21NO. The standard InChI is InChI=1S/C12H21NO/c14-10-11-6-8-13(9-7-11)12-4-2-1-3-5-12/h10-12H,1-9H2. The lowest BCUT2D eigenvalue weighted by atomic mass is 9.91. The van der Waals surface area contributed by atoms with Crippen LogP contribution in [0.25, 0.3) is 0 Å². The molecule has 0 aromatic rings. The van der Waals surface area contributed by atoms with Crippen molar-refractivity contribution in [3.63, 3.8) is 0 Å². The third-order valence-electron chi connectivity index (χ3n) is 3.86. The van der Waals surface area contributed by atoms with Crippen LogP contribution in [-0.2, 0) is 4.79 Å². The van der Waals surface area contributed by atoms with Crippen molar-refractivity contribution in [2.75, 3.05) is 13.1 Å². The molecule has 0 radical (unpaired) electrons. The SMILES string of the molecule is O=CC1CCN(C2CCCCC2)CC1. The van der Waals surface area contributed by atoms with E-state index in [0.717, 1.165) is 38.3 Å². The summed E-state index contributed by atoms with van der Waals surface area (Å²) in [4.78, 5) is 13.2. The molecule has 1 heterocycles. The molecule has 0 bridgehead atoms. The summed E-state index contributed by atoms with van der Waals surface area (Å²) in [5.74, 6) is 0.356. The number of piperidine rings is 1. The first-order chi connectivity index (χ1) is 6.90. The Morgan fingerprint density at radius 1 is 0.929 bits per heavy atom. The Labute approximate surface area is 86.7 Å². The van der Waals surface area contributed by atoms with Gasteiger partial charge in [0, 0.05) is 12.0 Å². The quantitative estimate of drug-likeness (QED) is 0.630. The van der Waals surface area contributed by atoms with Gasteiger partial charge in [0.1, 0.15) is 6.29 Å². The van der Waals surface area contributed by atoms with Crippen molar-refractivity contribution in [2.45, 2.75) is 51.0 Å². The number of aldehydes is 1. The van der Waals surface area contributed by atoms with E-state index in [4.69, 9.17) is 0 Å². The molecule has 1 aliphatic carbocycles. The van der Waals surface area contributed by atoms with Gasteiger partial charge in [0.05, 0.1) is 0 Å². The molecule has 0 atom stereocenters. The third kappa shape index (κ3) is 2.35. The Morgan fingerprint density at radius 3 is 2.14 bits per heavy atom.